The smallest absolute Gasteiger partial charge is 0.342 e. The van der Waals surface area contributed by atoms with Crippen LogP contribution in [-0.2, 0) is 7.05 Å². The molecule has 0 atom stereocenters. The Kier molecular flexibility index (Phi) is 4.13. The van der Waals surface area contributed by atoms with Gasteiger partial charge in [0.25, 0.3) is 0 Å². The number of rotatable bonds is 4. The van der Waals surface area contributed by atoms with Crippen LogP contribution in [0.4, 0.5) is 5.82 Å². The van der Waals surface area contributed by atoms with Gasteiger partial charge in [-0.3, -0.25) is 0 Å². The number of hydrogen-bond donors (Lipinski definition) is 2. The third-order valence-electron chi connectivity index (χ3n) is 3.78. The molecule has 0 unspecified atom stereocenters. The van der Waals surface area contributed by atoms with Crippen LogP contribution < -0.4 is 10.9 Å². The Morgan fingerprint density at radius 1 is 1.48 bits per heavy atom. The molecule has 2 N–H and O–H groups in total. The third kappa shape index (κ3) is 3.04. The Hall–Kier alpha value is -1.58. The second kappa shape index (κ2) is 6.04. The van der Waals surface area contributed by atoms with Gasteiger partial charge in [-0.1, -0.05) is 23.8 Å². The van der Waals surface area contributed by atoms with Crippen molar-refractivity contribution in [1.29, 1.82) is 0 Å². The molecule has 1 aromatic heterocycles. The summed E-state index contributed by atoms with van der Waals surface area (Å²) in [6.45, 7) is 0. The number of nitrogens with one attached hydrogen (secondary N) is 2. The molecule has 2 aliphatic rings. The summed E-state index contributed by atoms with van der Waals surface area (Å²) in [4.78, 5) is 15.4. The van der Waals surface area contributed by atoms with Crippen LogP contribution in [0.5, 0.6) is 0 Å². The van der Waals surface area contributed by atoms with Gasteiger partial charge < -0.3 is 15.5 Å². The lowest BCUT2D eigenvalue weighted by molar-refractivity contribution is -0.391. The molecular formula is C12H18N6O2S. The second-order valence-corrected chi connectivity index (χ2v) is 6.23. The molecule has 8 nitrogen and oxygen atoms in total. The summed E-state index contributed by atoms with van der Waals surface area (Å²) in [6.07, 6.45) is 9.31. The summed E-state index contributed by atoms with van der Waals surface area (Å²) >= 11 is 1.46. The quantitative estimate of drug-likeness (QED) is 0.499. The first kappa shape index (κ1) is 14.4. The molecule has 114 valence electrons. The summed E-state index contributed by atoms with van der Waals surface area (Å²) in [7, 11) is 1.65. The molecular weight excluding hydrogens is 292 g/mol. The van der Waals surface area contributed by atoms with E-state index in [1.54, 1.807) is 7.05 Å². The van der Waals surface area contributed by atoms with E-state index < -0.39 is 4.92 Å². The van der Waals surface area contributed by atoms with E-state index in [1.807, 2.05) is 10.7 Å². The molecule has 0 aromatic carbocycles. The minimum Gasteiger partial charge on any atom is -0.358 e. The lowest BCUT2D eigenvalue weighted by Crippen LogP contribution is -2.45. The van der Waals surface area contributed by atoms with E-state index >= 15 is 0 Å². The van der Waals surface area contributed by atoms with Crippen LogP contribution >= 0.6 is 11.9 Å². The Morgan fingerprint density at radius 3 is 2.90 bits per heavy atom. The maximum absolute atomic E-state index is 10.9. The molecule has 0 spiro atoms. The fourth-order valence-electron chi connectivity index (χ4n) is 2.63. The highest BCUT2D eigenvalue weighted by Crippen LogP contribution is 2.33. The lowest BCUT2D eigenvalue weighted by atomic mass is 9.96. The zero-order valence-electron chi connectivity index (χ0n) is 11.8. The Labute approximate surface area is 126 Å². The van der Waals surface area contributed by atoms with Crippen LogP contribution in [-0.4, -0.2) is 25.0 Å². The molecule has 1 saturated carbocycles. The summed E-state index contributed by atoms with van der Waals surface area (Å²) in [5.74, 6) is 0.581. The summed E-state index contributed by atoms with van der Waals surface area (Å²) in [6, 6.07) is 0.488. The van der Waals surface area contributed by atoms with Crippen molar-refractivity contribution in [2.45, 2.75) is 38.1 Å². The average Bonchev–Trinajstić information content (AvgIpc) is 3.06. The van der Waals surface area contributed by atoms with Gasteiger partial charge in [0.05, 0.1) is 7.05 Å². The largest absolute Gasteiger partial charge is 0.358 e. The van der Waals surface area contributed by atoms with Crippen molar-refractivity contribution in [1.82, 2.24) is 24.9 Å². The number of imidazole rings is 1. The topological polar surface area (TPSA) is 88.3 Å². The summed E-state index contributed by atoms with van der Waals surface area (Å²) < 4.78 is 3.34. The Balaban J connectivity index is 1.62. The highest BCUT2D eigenvalue weighted by Gasteiger charge is 2.27. The maximum Gasteiger partial charge on any atom is 0.342 e. The molecule has 21 heavy (non-hydrogen) atoms. The van der Waals surface area contributed by atoms with Crippen molar-refractivity contribution in [3.63, 3.8) is 0 Å². The monoisotopic (exact) mass is 310 g/mol. The molecule has 1 aliphatic heterocycles. The van der Waals surface area contributed by atoms with E-state index in [0.717, 1.165) is 4.91 Å². The van der Waals surface area contributed by atoms with Crippen molar-refractivity contribution in [3.8, 4) is 0 Å². The van der Waals surface area contributed by atoms with E-state index in [9.17, 15) is 10.1 Å². The number of hydrazine groups is 2. The predicted octanol–water partition coefficient (Wildman–Crippen LogP) is 1.93. The van der Waals surface area contributed by atoms with E-state index in [-0.39, 0.29) is 5.82 Å². The molecule has 1 aromatic rings. The average molecular weight is 310 g/mol. The molecule has 0 amide bonds. The van der Waals surface area contributed by atoms with Gasteiger partial charge in [-0.15, -0.1) is 0 Å². The maximum atomic E-state index is 10.9. The molecule has 1 aliphatic carbocycles. The molecule has 2 heterocycles. The minimum absolute atomic E-state index is 0.00908. The van der Waals surface area contributed by atoms with Crippen molar-refractivity contribution < 1.29 is 4.92 Å². The molecule has 1 fully saturated rings. The zero-order valence-corrected chi connectivity index (χ0v) is 12.6. The first-order chi connectivity index (χ1) is 10.1. The third-order valence-corrected chi connectivity index (χ3v) is 4.67. The van der Waals surface area contributed by atoms with Crippen LogP contribution in [0.1, 0.15) is 37.9 Å². The van der Waals surface area contributed by atoms with Crippen LogP contribution in [0, 0.1) is 10.1 Å². The Morgan fingerprint density at radius 2 is 2.24 bits per heavy atom. The van der Waals surface area contributed by atoms with Crippen molar-refractivity contribution in [3.05, 3.63) is 28.3 Å². The van der Waals surface area contributed by atoms with E-state index in [0.29, 0.717) is 11.9 Å². The van der Waals surface area contributed by atoms with Crippen LogP contribution in [0.3, 0.4) is 0 Å². The molecule has 0 saturated heterocycles. The standard InChI is InChI=1S/C12H18N6O2S/c1-16-11(17(19)20)8-13-12(16)10-7-14-18(21-10)15-9-5-3-2-4-6-9/h7-9,14-15H,2-6H2,1H3. The van der Waals surface area contributed by atoms with E-state index in [1.165, 1.54) is 54.8 Å². The first-order valence-corrected chi connectivity index (χ1v) is 7.79. The predicted molar refractivity (Wildman–Crippen MR) is 80.4 cm³/mol. The van der Waals surface area contributed by atoms with E-state index in [4.69, 9.17) is 0 Å². The minimum atomic E-state index is -0.428. The fraction of sp³-hybridized carbons (Fsp3) is 0.583. The lowest BCUT2D eigenvalue weighted by Gasteiger charge is -2.27. The van der Waals surface area contributed by atoms with Crippen molar-refractivity contribution in [2.75, 3.05) is 0 Å². The van der Waals surface area contributed by atoms with Crippen molar-refractivity contribution in [2.24, 2.45) is 7.05 Å². The van der Waals surface area contributed by atoms with Gasteiger partial charge in [0.1, 0.15) is 11.1 Å². The van der Waals surface area contributed by atoms with Gasteiger partial charge in [-0.2, -0.15) is 0 Å². The number of hydrogen-bond acceptors (Lipinski definition) is 7. The highest BCUT2D eigenvalue weighted by atomic mass is 32.2. The number of nitro groups is 1. The second-order valence-electron chi connectivity index (χ2n) is 5.24. The number of nitrogens with zero attached hydrogens (tertiary/aromatic N) is 4. The Bertz CT molecular complexity index is 566. The molecule has 9 heteroatoms. The van der Waals surface area contributed by atoms with Gasteiger partial charge in [0.2, 0.25) is 5.82 Å². The summed E-state index contributed by atoms with van der Waals surface area (Å²) in [5.41, 5.74) is 6.55. The zero-order chi connectivity index (χ0) is 14.8. The molecule has 0 radical (unpaired) electrons. The normalized spacial score (nSPS) is 20.3. The van der Waals surface area contributed by atoms with E-state index in [2.05, 4.69) is 15.8 Å². The van der Waals surface area contributed by atoms with Gasteiger partial charge in [0, 0.05) is 24.2 Å². The molecule has 0 bridgehead atoms. The highest BCUT2D eigenvalue weighted by molar-refractivity contribution is 8.06. The van der Waals surface area contributed by atoms with Gasteiger partial charge >= 0.3 is 5.82 Å². The van der Waals surface area contributed by atoms with Crippen molar-refractivity contribution >= 4 is 22.7 Å². The van der Waals surface area contributed by atoms with Gasteiger partial charge in [-0.05, 0) is 17.8 Å². The van der Waals surface area contributed by atoms with Crippen LogP contribution in [0.2, 0.25) is 0 Å². The van der Waals surface area contributed by atoms with Gasteiger partial charge in [-0.25, -0.2) is 15.0 Å². The first-order valence-electron chi connectivity index (χ1n) is 7.02. The summed E-state index contributed by atoms with van der Waals surface area (Å²) in [5, 5.41) is 10.9. The number of aromatic nitrogens is 2. The fourth-order valence-corrected chi connectivity index (χ4v) is 3.51. The van der Waals surface area contributed by atoms with Crippen LogP contribution in [0.15, 0.2) is 12.4 Å². The molecule has 3 rings (SSSR count). The van der Waals surface area contributed by atoms with Gasteiger partial charge in [0.15, 0.2) is 0 Å². The van der Waals surface area contributed by atoms with Crippen LogP contribution in [0.25, 0.3) is 4.91 Å². The SMILES string of the molecule is Cn1c([N+](=O)[O-])cnc1C1=CNN(NC2CCCCC2)S1.